The molecular weight excluding hydrogens is 216 g/mol. The number of aryl methyl sites for hydroxylation is 2. The summed E-state index contributed by atoms with van der Waals surface area (Å²) in [7, 11) is 1.93. The molecule has 5 nitrogen and oxygen atoms in total. The van der Waals surface area contributed by atoms with Crippen LogP contribution in [0.15, 0.2) is 24.8 Å². The van der Waals surface area contributed by atoms with E-state index in [9.17, 15) is 5.11 Å². The first kappa shape index (κ1) is 11.9. The van der Waals surface area contributed by atoms with Crippen LogP contribution in [0.3, 0.4) is 0 Å². The number of rotatable bonds is 5. The van der Waals surface area contributed by atoms with E-state index in [1.165, 1.54) is 0 Å². The van der Waals surface area contributed by atoms with Gasteiger partial charge in [0.1, 0.15) is 5.82 Å². The minimum absolute atomic E-state index is 0.515. The lowest BCUT2D eigenvalue weighted by molar-refractivity contribution is 0.174. The molecule has 1 N–H and O–H groups in total. The number of nitrogens with zero attached hydrogens (tertiary/aromatic N) is 4. The molecule has 0 aliphatic carbocycles. The predicted molar refractivity (Wildman–Crippen MR) is 64.4 cm³/mol. The van der Waals surface area contributed by atoms with E-state index in [1.54, 1.807) is 12.4 Å². The van der Waals surface area contributed by atoms with Crippen LogP contribution < -0.4 is 0 Å². The third-order valence-electron chi connectivity index (χ3n) is 2.79. The second-order valence-electron chi connectivity index (χ2n) is 4.21. The van der Waals surface area contributed by atoms with Crippen molar-refractivity contribution < 1.29 is 5.11 Å². The molecule has 5 heteroatoms. The highest BCUT2D eigenvalue weighted by Gasteiger charge is 2.13. The monoisotopic (exact) mass is 234 g/mol. The van der Waals surface area contributed by atoms with E-state index in [-0.39, 0.29) is 0 Å². The maximum Gasteiger partial charge on any atom is 0.111 e. The largest absolute Gasteiger partial charge is 0.388 e. The first-order valence-electron chi connectivity index (χ1n) is 5.87. The van der Waals surface area contributed by atoms with Crippen molar-refractivity contribution in [2.24, 2.45) is 7.05 Å². The standard InChI is InChI=1S/C12H18N4O/c1-3-5-16-9-10(8-14-16)11(17)7-12-13-4-6-15(12)2/h4,6,8-9,11,17H,3,5,7H2,1-2H3. The summed E-state index contributed by atoms with van der Waals surface area (Å²) < 4.78 is 3.77. The summed E-state index contributed by atoms with van der Waals surface area (Å²) in [4.78, 5) is 4.20. The first-order chi connectivity index (χ1) is 8.20. The van der Waals surface area contributed by atoms with Gasteiger partial charge in [-0.05, 0) is 6.42 Å². The van der Waals surface area contributed by atoms with Crippen LogP contribution in [0.4, 0.5) is 0 Å². The number of imidazole rings is 1. The zero-order valence-corrected chi connectivity index (χ0v) is 10.2. The number of hydrogen-bond donors (Lipinski definition) is 1. The molecule has 17 heavy (non-hydrogen) atoms. The van der Waals surface area contributed by atoms with Gasteiger partial charge in [-0.1, -0.05) is 6.92 Å². The molecule has 2 aromatic heterocycles. The van der Waals surface area contributed by atoms with Gasteiger partial charge < -0.3 is 9.67 Å². The van der Waals surface area contributed by atoms with Crippen LogP contribution in [-0.4, -0.2) is 24.4 Å². The molecule has 0 bridgehead atoms. The minimum atomic E-state index is -0.540. The van der Waals surface area contributed by atoms with Crippen molar-refractivity contribution in [3.63, 3.8) is 0 Å². The molecule has 0 aromatic carbocycles. The van der Waals surface area contributed by atoms with Crippen molar-refractivity contribution in [3.05, 3.63) is 36.2 Å². The van der Waals surface area contributed by atoms with Crippen LogP contribution in [-0.2, 0) is 20.0 Å². The molecular formula is C12H18N4O. The molecule has 0 aliphatic rings. The van der Waals surface area contributed by atoms with Crippen LogP contribution >= 0.6 is 0 Å². The summed E-state index contributed by atoms with van der Waals surface area (Å²) in [5, 5.41) is 14.3. The maximum absolute atomic E-state index is 10.1. The molecule has 1 atom stereocenters. The summed E-state index contributed by atoms with van der Waals surface area (Å²) in [6.45, 7) is 2.99. The zero-order chi connectivity index (χ0) is 12.3. The van der Waals surface area contributed by atoms with Gasteiger partial charge in [-0.3, -0.25) is 4.68 Å². The van der Waals surface area contributed by atoms with Crippen LogP contribution in [0.2, 0.25) is 0 Å². The van der Waals surface area contributed by atoms with Crippen LogP contribution in [0.25, 0.3) is 0 Å². The van der Waals surface area contributed by atoms with Gasteiger partial charge >= 0.3 is 0 Å². The van der Waals surface area contributed by atoms with E-state index in [2.05, 4.69) is 17.0 Å². The van der Waals surface area contributed by atoms with Crippen LogP contribution in [0.1, 0.15) is 30.8 Å². The molecule has 0 radical (unpaired) electrons. The lowest BCUT2D eigenvalue weighted by atomic mass is 10.1. The summed E-state index contributed by atoms with van der Waals surface area (Å²) in [6.07, 6.45) is 8.25. The Labute approximate surface area is 101 Å². The Morgan fingerprint density at radius 2 is 2.29 bits per heavy atom. The fourth-order valence-corrected chi connectivity index (χ4v) is 1.79. The smallest absolute Gasteiger partial charge is 0.111 e. The maximum atomic E-state index is 10.1. The van der Waals surface area contributed by atoms with Gasteiger partial charge in [0.2, 0.25) is 0 Å². The molecule has 2 heterocycles. The normalized spacial score (nSPS) is 12.9. The van der Waals surface area contributed by atoms with Crippen molar-refractivity contribution in [1.82, 2.24) is 19.3 Å². The van der Waals surface area contributed by atoms with Gasteiger partial charge in [0, 0.05) is 44.2 Å². The molecule has 2 aromatic rings. The lowest BCUT2D eigenvalue weighted by Gasteiger charge is -2.07. The van der Waals surface area contributed by atoms with E-state index in [4.69, 9.17) is 0 Å². The van der Waals surface area contributed by atoms with Gasteiger partial charge in [0.25, 0.3) is 0 Å². The first-order valence-corrected chi connectivity index (χ1v) is 5.87. The summed E-state index contributed by atoms with van der Waals surface area (Å²) in [5.74, 6) is 0.876. The van der Waals surface area contributed by atoms with E-state index >= 15 is 0 Å². The molecule has 0 aliphatic heterocycles. The SMILES string of the molecule is CCCn1cc(C(O)Cc2nccn2C)cn1. The average molecular weight is 234 g/mol. The molecule has 2 rings (SSSR count). The Kier molecular flexibility index (Phi) is 3.58. The van der Waals surface area contributed by atoms with E-state index < -0.39 is 6.10 Å². The van der Waals surface area contributed by atoms with Gasteiger partial charge in [-0.25, -0.2) is 4.98 Å². The molecule has 0 saturated carbocycles. The van der Waals surface area contributed by atoms with Gasteiger partial charge in [-0.2, -0.15) is 5.10 Å². The highest BCUT2D eigenvalue weighted by atomic mass is 16.3. The molecule has 1 unspecified atom stereocenters. The van der Waals surface area contributed by atoms with Gasteiger partial charge in [-0.15, -0.1) is 0 Å². The van der Waals surface area contributed by atoms with Gasteiger partial charge in [0.15, 0.2) is 0 Å². The van der Waals surface area contributed by atoms with Gasteiger partial charge in [0.05, 0.1) is 12.3 Å². The van der Waals surface area contributed by atoms with E-state index in [0.29, 0.717) is 6.42 Å². The van der Waals surface area contributed by atoms with Crippen molar-refractivity contribution in [3.8, 4) is 0 Å². The zero-order valence-electron chi connectivity index (χ0n) is 10.2. The fraction of sp³-hybridized carbons (Fsp3) is 0.500. The third kappa shape index (κ3) is 2.74. The second-order valence-corrected chi connectivity index (χ2v) is 4.21. The van der Waals surface area contributed by atoms with Crippen LogP contribution in [0, 0.1) is 0 Å². The topological polar surface area (TPSA) is 55.9 Å². The van der Waals surface area contributed by atoms with Crippen molar-refractivity contribution in [1.29, 1.82) is 0 Å². The Morgan fingerprint density at radius 3 is 2.94 bits per heavy atom. The lowest BCUT2D eigenvalue weighted by Crippen LogP contribution is -2.06. The van der Waals surface area contributed by atoms with Crippen molar-refractivity contribution >= 4 is 0 Å². The number of aliphatic hydroxyl groups is 1. The Hall–Kier alpha value is -1.62. The highest BCUT2D eigenvalue weighted by Crippen LogP contribution is 2.16. The Morgan fingerprint density at radius 1 is 1.47 bits per heavy atom. The minimum Gasteiger partial charge on any atom is -0.388 e. The number of aromatic nitrogens is 4. The molecule has 92 valence electrons. The third-order valence-corrected chi connectivity index (χ3v) is 2.79. The Bertz CT molecular complexity index is 474. The summed E-state index contributed by atoms with van der Waals surface area (Å²) in [5.41, 5.74) is 0.849. The van der Waals surface area contributed by atoms with Crippen molar-refractivity contribution in [2.45, 2.75) is 32.4 Å². The Balaban J connectivity index is 2.04. The summed E-state index contributed by atoms with van der Waals surface area (Å²) >= 11 is 0. The average Bonchev–Trinajstić information content (AvgIpc) is 2.90. The van der Waals surface area contributed by atoms with E-state index in [1.807, 2.05) is 28.7 Å². The number of hydrogen-bond acceptors (Lipinski definition) is 3. The molecule has 0 spiro atoms. The number of aliphatic hydroxyl groups excluding tert-OH is 1. The molecule has 0 saturated heterocycles. The van der Waals surface area contributed by atoms with Crippen LogP contribution in [0.5, 0.6) is 0 Å². The van der Waals surface area contributed by atoms with E-state index in [0.717, 1.165) is 24.4 Å². The van der Waals surface area contributed by atoms with Crippen molar-refractivity contribution in [2.75, 3.05) is 0 Å². The molecule has 0 amide bonds. The highest BCUT2D eigenvalue weighted by molar-refractivity contribution is 5.10. The predicted octanol–water partition coefficient (Wildman–Crippen LogP) is 1.30. The molecule has 0 fully saturated rings. The fourth-order valence-electron chi connectivity index (χ4n) is 1.79. The second kappa shape index (κ2) is 5.14. The summed E-state index contributed by atoms with van der Waals surface area (Å²) in [6, 6.07) is 0. The quantitative estimate of drug-likeness (QED) is 0.848.